The van der Waals surface area contributed by atoms with Crippen molar-refractivity contribution in [1.29, 1.82) is 0 Å². The van der Waals surface area contributed by atoms with E-state index < -0.39 is 0 Å². The Hall–Kier alpha value is -1.58. The van der Waals surface area contributed by atoms with Crippen molar-refractivity contribution < 1.29 is 14.3 Å². The fourth-order valence-corrected chi connectivity index (χ4v) is 2.01. The van der Waals surface area contributed by atoms with Gasteiger partial charge in [0.05, 0.1) is 18.4 Å². The van der Waals surface area contributed by atoms with Gasteiger partial charge in [-0.15, -0.1) is 0 Å². The number of hydrogen-bond acceptors (Lipinski definition) is 4. The Balaban J connectivity index is 2.47. The number of rotatable bonds is 2. The Bertz CT molecular complexity index is 417. The predicted molar refractivity (Wildman–Crippen MR) is 58.7 cm³/mol. The average Bonchev–Trinajstić information content (AvgIpc) is 2.33. The van der Waals surface area contributed by atoms with E-state index in [1.54, 1.807) is 19.2 Å². The highest BCUT2D eigenvalue weighted by atomic mass is 16.5. The van der Waals surface area contributed by atoms with Gasteiger partial charge in [0.1, 0.15) is 6.10 Å². The lowest BCUT2D eigenvalue weighted by atomic mass is 9.92. The van der Waals surface area contributed by atoms with Crippen LogP contribution in [0.25, 0.3) is 0 Å². The fourth-order valence-electron chi connectivity index (χ4n) is 2.01. The standard InChI is InChI=1S/C12H15NO3/c1-4-9-7(2)11-8(12(14)16-9)5-6-10(13-11)15-3/h5-7,9H,4H2,1-3H3/t7-,9-/m1/s1. The topological polar surface area (TPSA) is 48.4 Å². The molecule has 2 heterocycles. The van der Waals surface area contributed by atoms with Crippen LogP contribution in [-0.2, 0) is 4.74 Å². The molecule has 0 amide bonds. The van der Waals surface area contributed by atoms with E-state index in [1.807, 2.05) is 13.8 Å². The minimum atomic E-state index is -0.282. The summed E-state index contributed by atoms with van der Waals surface area (Å²) in [6.07, 6.45) is 0.713. The SMILES string of the molecule is CC[C@H]1OC(=O)c2ccc(OC)nc2[C@@H]1C. The van der Waals surface area contributed by atoms with Crippen molar-refractivity contribution in [3.05, 3.63) is 23.4 Å². The van der Waals surface area contributed by atoms with Gasteiger partial charge >= 0.3 is 5.97 Å². The quantitative estimate of drug-likeness (QED) is 0.718. The molecule has 0 fully saturated rings. The van der Waals surface area contributed by atoms with Crippen LogP contribution in [0.2, 0.25) is 0 Å². The molecule has 0 unspecified atom stereocenters. The van der Waals surface area contributed by atoms with Crippen molar-refractivity contribution in [2.24, 2.45) is 0 Å². The maximum atomic E-state index is 11.7. The summed E-state index contributed by atoms with van der Waals surface area (Å²) in [5.41, 5.74) is 1.33. The van der Waals surface area contributed by atoms with E-state index >= 15 is 0 Å². The monoisotopic (exact) mass is 221 g/mol. The third-order valence-corrected chi connectivity index (χ3v) is 2.98. The molecule has 0 aliphatic carbocycles. The maximum absolute atomic E-state index is 11.7. The number of fused-ring (bicyclic) bond motifs is 1. The lowest BCUT2D eigenvalue weighted by Crippen LogP contribution is -2.31. The van der Waals surface area contributed by atoms with Gasteiger partial charge < -0.3 is 9.47 Å². The molecule has 1 aliphatic heterocycles. The summed E-state index contributed by atoms with van der Waals surface area (Å²) in [7, 11) is 1.57. The molecule has 4 nitrogen and oxygen atoms in total. The molecule has 0 N–H and O–H groups in total. The Morgan fingerprint density at radius 2 is 2.25 bits per heavy atom. The number of pyridine rings is 1. The van der Waals surface area contributed by atoms with Crippen LogP contribution in [-0.4, -0.2) is 24.2 Å². The van der Waals surface area contributed by atoms with Crippen LogP contribution in [0.4, 0.5) is 0 Å². The number of nitrogens with zero attached hydrogens (tertiary/aromatic N) is 1. The van der Waals surface area contributed by atoms with Crippen molar-refractivity contribution >= 4 is 5.97 Å². The molecule has 1 aromatic rings. The first-order valence-electron chi connectivity index (χ1n) is 5.43. The maximum Gasteiger partial charge on any atom is 0.340 e. The first-order valence-corrected chi connectivity index (χ1v) is 5.43. The van der Waals surface area contributed by atoms with Crippen LogP contribution in [0.1, 0.15) is 42.2 Å². The fraction of sp³-hybridized carbons (Fsp3) is 0.500. The Labute approximate surface area is 94.6 Å². The van der Waals surface area contributed by atoms with Crippen LogP contribution in [0.5, 0.6) is 5.88 Å². The van der Waals surface area contributed by atoms with Crippen molar-refractivity contribution in [3.8, 4) is 5.88 Å². The first kappa shape index (κ1) is 10.9. The summed E-state index contributed by atoms with van der Waals surface area (Å²) in [6, 6.07) is 3.39. The lowest BCUT2D eigenvalue weighted by Gasteiger charge is -2.29. The number of aromatic nitrogens is 1. The zero-order valence-corrected chi connectivity index (χ0v) is 9.69. The highest BCUT2D eigenvalue weighted by Crippen LogP contribution is 2.32. The Kier molecular flexibility index (Phi) is 2.81. The Morgan fingerprint density at radius 3 is 2.88 bits per heavy atom. The van der Waals surface area contributed by atoms with Gasteiger partial charge in [-0.25, -0.2) is 9.78 Å². The number of carbonyl (C=O) groups is 1. The van der Waals surface area contributed by atoms with Crippen LogP contribution >= 0.6 is 0 Å². The number of esters is 1. The van der Waals surface area contributed by atoms with Crippen LogP contribution in [0, 0.1) is 0 Å². The molecule has 1 aromatic heterocycles. The van der Waals surface area contributed by atoms with E-state index in [4.69, 9.17) is 9.47 Å². The average molecular weight is 221 g/mol. The van der Waals surface area contributed by atoms with E-state index in [2.05, 4.69) is 4.98 Å². The van der Waals surface area contributed by atoms with Gasteiger partial charge in [-0.1, -0.05) is 13.8 Å². The third-order valence-electron chi connectivity index (χ3n) is 2.98. The molecule has 0 aromatic carbocycles. The van der Waals surface area contributed by atoms with Gasteiger partial charge in [-0.05, 0) is 12.5 Å². The first-order chi connectivity index (χ1) is 7.67. The molecular formula is C12H15NO3. The van der Waals surface area contributed by atoms with Crippen LogP contribution in [0.3, 0.4) is 0 Å². The molecule has 0 saturated heterocycles. The summed E-state index contributed by atoms with van der Waals surface area (Å²) in [4.78, 5) is 16.0. The number of methoxy groups -OCH3 is 1. The molecule has 16 heavy (non-hydrogen) atoms. The predicted octanol–water partition coefficient (Wildman–Crippen LogP) is 2.14. The smallest absolute Gasteiger partial charge is 0.340 e. The van der Waals surface area contributed by atoms with Gasteiger partial charge in [-0.2, -0.15) is 0 Å². The molecule has 1 aliphatic rings. The summed E-state index contributed by atoms with van der Waals surface area (Å²) < 4.78 is 10.4. The largest absolute Gasteiger partial charge is 0.481 e. The van der Waals surface area contributed by atoms with Gasteiger partial charge in [0.2, 0.25) is 5.88 Å². The zero-order valence-electron chi connectivity index (χ0n) is 9.69. The van der Waals surface area contributed by atoms with Crippen molar-refractivity contribution in [2.75, 3.05) is 7.11 Å². The summed E-state index contributed by atoms with van der Waals surface area (Å²) in [5, 5.41) is 0. The summed E-state index contributed by atoms with van der Waals surface area (Å²) in [5.74, 6) is 0.373. The van der Waals surface area contributed by atoms with E-state index in [-0.39, 0.29) is 18.0 Å². The van der Waals surface area contributed by atoms with Crippen molar-refractivity contribution in [2.45, 2.75) is 32.3 Å². The molecule has 0 radical (unpaired) electrons. The van der Waals surface area contributed by atoms with E-state index in [9.17, 15) is 4.79 Å². The normalized spacial score (nSPS) is 23.6. The minimum absolute atomic E-state index is 0.0837. The molecule has 0 saturated carbocycles. The van der Waals surface area contributed by atoms with E-state index in [0.29, 0.717) is 11.4 Å². The molecule has 4 heteroatoms. The molecular weight excluding hydrogens is 206 g/mol. The molecule has 2 atom stereocenters. The zero-order chi connectivity index (χ0) is 11.7. The van der Waals surface area contributed by atoms with Crippen LogP contribution in [0.15, 0.2) is 12.1 Å². The van der Waals surface area contributed by atoms with Gasteiger partial charge in [0.15, 0.2) is 0 Å². The lowest BCUT2D eigenvalue weighted by molar-refractivity contribution is 0.0174. The molecule has 0 spiro atoms. The molecule has 86 valence electrons. The second-order valence-electron chi connectivity index (χ2n) is 3.93. The van der Waals surface area contributed by atoms with Gasteiger partial charge in [0.25, 0.3) is 0 Å². The highest BCUT2D eigenvalue weighted by molar-refractivity contribution is 5.92. The highest BCUT2D eigenvalue weighted by Gasteiger charge is 2.33. The van der Waals surface area contributed by atoms with Crippen LogP contribution < -0.4 is 4.74 Å². The number of carbonyl (C=O) groups excluding carboxylic acids is 1. The number of ether oxygens (including phenoxy) is 2. The van der Waals surface area contributed by atoms with E-state index in [1.165, 1.54) is 0 Å². The van der Waals surface area contributed by atoms with Crippen molar-refractivity contribution in [3.63, 3.8) is 0 Å². The second-order valence-corrected chi connectivity index (χ2v) is 3.93. The molecule has 2 rings (SSSR count). The molecule has 0 bridgehead atoms. The second kappa shape index (κ2) is 4.12. The van der Waals surface area contributed by atoms with Gasteiger partial charge in [-0.3, -0.25) is 0 Å². The Morgan fingerprint density at radius 1 is 1.50 bits per heavy atom. The number of hydrogen-bond donors (Lipinski definition) is 0. The third kappa shape index (κ3) is 1.64. The minimum Gasteiger partial charge on any atom is -0.481 e. The summed E-state index contributed by atoms with van der Waals surface area (Å²) >= 11 is 0. The summed E-state index contributed by atoms with van der Waals surface area (Å²) in [6.45, 7) is 4.02. The van der Waals surface area contributed by atoms with E-state index in [0.717, 1.165) is 12.1 Å². The van der Waals surface area contributed by atoms with Gasteiger partial charge in [0, 0.05) is 12.0 Å². The van der Waals surface area contributed by atoms with Crippen molar-refractivity contribution in [1.82, 2.24) is 4.98 Å². The number of cyclic esters (lactones) is 1.